The van der Waals surface area contributed by atoms with Gasteiger partial charge in [-0.1, -0.05) is 38.2 Å². The number of aryl methyl sites for hydroxylation is 2. The summed E-state index contributed by atoms with van der Waals surface area (Å²) in [5.74, 6) is -0.315. The highest BCUT2D eigenvalue weighted by Gasteiger charge is 2.20. The molecule has 0 aliphatic heterocycles. The average molecular weight is 397 g/mol. The van der Waals surface area contributed by atoms with E-state index in [4.69, 9.17) is 0 Å². The lowest BCUT2D eigenvalue weighted by Gasteiger charge is -2.12. The van der Waals surface area contributed by atoms with Crippen LogP contribution in [0.4, 0.5) is 5.13 Å². The molecule has 2 N–H and O–H groups in total. The molecule has 0 atom stereocenters. The normalized spacial score (nSPS) is 12.2. The van der Waals surface area contributed by atoms with E-state index >= 15 is 0 Å². The molecule has 0 fully saturated rings. The molecule has 0 spiro atoms. The van der Waals surface area contributed by atoms with Crippen molar-refractivity contribution in [2.45, 2.75) is 51.3 Å². The van der Waals surface area contributed by atoms with Crippen LogP contribution in [0.25, 0.3) is 0 Å². The Labute approximate surface area is 158 Å². The Morgan fingerprint density at radius 1 is 1.15 bits per heavy atom. The summed E-state index contributed by atoms with van der Waals surface area (Å²) in [6.07, 6.45) is 0.00844. The number of carbonyl (C=O) groups is 1. The van der Waals surface area contributed by atoms with Crippen molar-refractivity contribution in [3.63, 3.8) is 0 Å². The summed E-state index contributed by atoms with van der Waals surface area (Å²) in [6.45, 7) is 9.83. The highest BCUT2D eigenvalue weighted by atomic mass is 32.2. The highest BCUT2D eigenvalue weighted by molar-refractivity contribution is 7.89. The molecule has 0 aliphatic carbocycles. The van der Waals surface area contributed by atoms with Crippen LogP contribution in [0.3, 0.4) is 0 Å². The Balaban J connectivity index is 1.89. The van der Waals surface area contributed by atoms with Gasteiger partial charge in [-0.15, -0.1) is 10.2 Å². The fraction of sp³-hybridized carbons (Fsp3) is 0.471. The summed E-state index contributed by atoms with van der Waals surface area (Å²) in [7, 11) is -3.64. The molecular weight excluding hydrogens is 372 g/mol. The minimum absolute atomic E-state index is 0.00597. The molecule has 142 valence electrons. The maximum Gasteiger partial charge on any atom is 0.240 e. The van der Waals surface area contributed by atoms with Crippen molar-refractivity contribution in [3.05, 3.63) is 34.3 Å². The number of sulfonamides is 1. The summed E-state index contributed by atoms with van der Waals surface area (Å²) in [5.41, 5.74) is 1.79. The van der Waals surface area contributed by atoms with Gasteiger partial charge in [-0.2, -0.15) is 0 Å². The number of amides is 1. The zero-order valence-electron chi connectivity index (χ0n) is 15.6. The van der Waals surface area contributed by atoms with Crippen molar-refractivity contribution in [2.24, 2.45) is 0 Å². The molecule has 0 unspecified atom stereocenters. The lowest BCUT2D eigenvalue weighted by molar-refractivity contribution is -0.116. The van der Waals surface area contributed by atoms with Gasteiger partial charge in [-0.25, -0.2) is 13.1 Å². The second kappa shape index (κ2) is 7.81. The maximum atomic E-state index is 12.3. The number of nitrogens with one attached hydrogen (secondary N) is 2. The molecule has 0 radical (unpaired) electrons. The van der Waals surface area contributed by atoms with Crippen molar-refractivity contribution in [1.82, 2.24) is 14.9 Å². The number of aromatic nitrogens is 2. The molecule has 26 heavy (non-hydrogen) atoms. The molecule has 7 nitrogen and oxygen atoms in total. The van der Waals surface area contributed by atoms with E-state index in [1.165, 1.54) is 11.3 Å². The first-order valence-electron chi connectivity index (χ1n) is 8.20. The third-order valence-electron chi connectivity index (χ3n) is 3.75. The van der Waals surface area contributed by atoms with Crippen molar-refractivity contribution >= 4 is 32.4 Å². The zero-order chi connectivity index (χ0) is 19.5. The Bertz CT molecular complexity index is 899. The number of hydrogen-bond donors (Lipinski definition) is 2. The minimum atomic E-state index is -3.64. The molecule has 1 aromatic heterocycles. The number of nitrogens with zero attached hydrogens (tertiary/aromatic N) is 2. The van der Waals surface area contributed by atoms with E-state index in [0.717, 1.165) is 16.1 Å². The number of rotatable bonds is 6. The molecule has 0 aliphatic rings. The van der Waals surface area contributed by atoms with E-state index in [2.05, 4.69) is 20.2 Å². The zero-order valence-corrected chi connectivity index (χ0v) is 17.2. The van der Waals surface area contributed by atoms with Crippen LogP contribution in [0.1, 0.15) is 43.3 Å². The van der Waals surface area contributed by atoms with Crippen molar-refractivity contribution < 1.29 is 13.2 Å². The predicted octanol–water partition coefficient (Wildman–Crippen LogP) is 2.76. The maximum absolute atomic E-state index is 12.3. The molecule has 9 heteroatoms. The summed E-state index contributed by atoms with van der Waals surface area (Å²) >= 11 is 1.31. The SMILES string of the molecule is Cc1ccc(S(=O)(=O)NCCC(=O)Nc2nnc(C(C)(C)C)s2)cc1C. The van der Waals surface area contributed by atoms with Crippen molar-refractivity contribution in [1.29, 1.82) is 0 Å². The van der Waals surface area contributed by atoms with Gasteiger partial charge < -0.3 is 5.32 Å². The Morgan fingerprint density at radius 3 is 2.42 bits per heavy atom. The van der Waals surface area contributed by atoms with E-state index in [0.29, 0.717) is 5.13 Å². The predicted molar refractivity (Wildman–Crippen MR) is 103 cm³/mol. The number of carbonyl (C=O) groups excluding carboxylic acids is 1. The Kier molecular flexibility index (Phi) is 6.15. The van der Waals surface area contributed by atoms with Crippen LogP contribution in [0, 0.1) is 13.8 Å². The van der Waals surface area contributed by atoms with E-state index in [1.54, 1.807) is 18.2 Å². The number of hydrogen-bond acceptors (Lipinski definition) is 6. The molecule has 2 rings (SSSR count). The molecule has 0 saturated carbocycles. The fourth-order valence-electron chi connectivity index (χ4n) is 2.02. The van der Waals surface area contributed by atoms with Gasteiger partial charge in [0.1, 0.15) is 5.01 Å². The lowest BCUT2D eigenvalue weighted by Crippen LogP contribution is -2.28. The van der Waals surface area contributed by atoms with E-state index in [-0.39, 0.29) is 29.2 Å². The smallest absolute Gasteiger partial charge is 0.240 e. The standard InChI is InChI=1S/C17H24N4O3S2/c1-11-6-7-13(10-12(11)2)26(23,24)18-9-8-14(22)19-16-21-20-15(25-16)17(3,4)5/h6-7,10,18H,8-9H2,1-5H3,(H,19,21,22). The molecule has 0 bridgehead atoms. The third-order valence-corrected chi connectivity index (χ3v) is 6.47. The minimum Gasteiger partial charge on any atom is -0.300 e. The molecule has 2 aromatic rings. The lowest BCUT2D eigenvalue weighted by atomic mass is 9.98. The Morgan fingerprint density at radius 2 is 1.85 bits per heavy atom. The topological polar surface area (TPSA) is 101 Å². The first-order valence-corrected chi connectivity index (χ1v) is 10.5. The van der Waals surface area contributed by atoms with Crippen LogP contribution in [0.2, 0.25) is 0 Å². The molecule has 1 heterocycles. The average Bonchev–Trinajstić information content (AvgIpc) is 2.98. The number of benzene rings is 1. The van der Waals surface area contributed by atoms with Crippen LogP contribution in [0.15, 0.2) is 23.1 Å². The molecule has 1 aromatic carbocycles. The van der Waals surface area contributed by atoms with Gasteiger partial charge in [0.2, 0.25) is 21.1 Å². The van der Waals surface area contributed by atoms with E-state index in [1.807, 2.05) is 34.6 Å². The quantitative estimate of drug-likeness (QED) is 0.782. The van der Waals surface area contributed by atoms with Gasteiger partial charge in [-0.05, 0) is 37.1 Å². The van der Waals surface area contributed by atoms with Crippen LogP contribution >= 0.6 is 11.3 Å². The van der Waals surface area contributed by atoms with E-state index < -0.39 is 10.0 Å². The van der Waals surface area contributed by atoms with Gasteiger partial charge in [0.05, 0.1) is 4.90 Å². The van der Waals surface area contributed by atoms with Gasteiger partial charge >= 0.3 is 0 Å². The summed E-state index contributed by atoms with van der Waals surface area (Å²) < 4.78 is 27.0. The summed E-state index contributed by atoms with van der Waals surface area (Å²) in [4.78, 5) is 12.2. The second-order valence-corrected chi connectivity index (χ2v) is 9.85. The molecule has 0 saturated heterocycles. The van der Waals surface area contributed by atoms with Gasteiger partial charge in [0.15, 0.2) is 0 Å². The van der Waals surface area contributed by atoms with Gasteiger partial charge in [-0.3, -0.25) is 4.79 Å². The monoisotopic (exact) mass is 396 g/mol. The first kappa shape index (κ1) is 20.5. The van der Waals surface area contributed by atoms with Crippen LogP contribution in [-0.4, -0.2) is 31.1 Å². The van der Waals surface area contributed by atoms with Crippen molar-refractivity contribution in [2.75, 3.05) is 11.9 Å². The number of anilines is 1. The van der Waals surface area contributed by atoms with Crippen molar-refractivity contribution in [3.8, 4) is 0 Å². The highest BCUT2D eigenvalue weighted by Crippen LogP contribution is 2.27. The van der Waals surface area contributed by atoms with Crippen LogP contribution in [-0.2, 0) is 20.2 Å². The summed E-state index contributed by atoms with van der Waals surface area (Å²) in [6, 6.07) is 4.94. The summed E-state index contributed by atoms with van der Waals surface area (Å²) in [5, 5.41) is 11.9. The molecular formula is C17H24N4O3S2. The first-order chi connectivity index (χ1) is 12.0. The van der Waals surface area contributed by atoms with Gasteiger partial charge in [0, 0.05) is 18.4 Å². The van der Waals surface area contributed by atoms with E-state index in [9.17, 15) is 13.2 Å². The third kappa shape index (κ3) is 5.33. The Hall–Kier alpha value is -1.84. The van der Waals surface area contributed by atoms with Crippen LogP contribution < -0.4 is 10.0 Å². The van der Waals surface area contributed by atoms with Gasteiger partial charge in [0.25, 0.3) is 0 Å². The fourth-order valence-corrected chi connectivity index (χ4v) is 3.96. The molecule has 1 amide bonds. The second-order valence-electron chi connectivity index (χ2n) is 7.10. The van der Waals surface area contributed by atoms with Crippen LogP contribution in [0.5, 0.6) is 0 Å². The largest absolute Gasteiger partial charge is 0.300 e.